The maximum Gasteiger partial charge on any atom is 0.497 e. The molecule has 0 spiro atoms. The molecule has 2 aromatic carbocycles. The fraction of sp³-hybridized carbons (Fsp3) is 0.316. The van der Waals surface area contributed by atoms with Gasteiger partial charge in [-0.15, -0.1) is 0 Å². The van der Waals surface area contributed by atoms with E-state index in [9.17, 15) is 0 Å². The van der Waals surface area contributed by atoms with E-state index in [0.717, 1.165) is 0 Å². The van der Waals surface area contributed by atoms with Crippen molar-refractivity contribution >= 4 is 12.6 Å². The lowest BCUT2D eigenvalue weighted by Crippen LogP contribution is -2.41. The Morgan fingerprint density at radius 3 is 2.25 bits per heavy atom. The van der Waals surface area contributed by atoms with Gasteiger partial charge in [-0.2, -0.15) is 5.26 Å². The quantitative estimate of drug-likeness (QED) is 0.792. The molecular formula is C19H19BFNO2. The zero-order chi connectivity index (χ0) is 17.5. The number of hydrogen-bond acceptors (Lipinski definition) is 3. The first-order valence-electron chi connectivity index (χ1n) is 7.90. The minimum Gasteiger partial charge on any atom is -0.399 e. The van der Waals surface area contributed by atoms with E-state index in [1.807, 2.05) is 27.7 Å². The van der Waals surface area contributed by atoms with Gasteiger partial charge in [-0.3, -0.25) is 0 Å². The van der Waals surface area contributed by atoms with Gasteiger partial charge in [-0.25, -0.2) is 4.39 Å². The van der Waals surface area contributed by atoms with Gasteiger partial charge >= 0.3 is 7.12 Å². The largest absolute Gasteiger partial charge is 0.497 e. The van der Waals surface area contributed by atoms with E-state index in [1.165, 1.54) is 0 Å². The molecule has 122 valence electrons. The van der Waals surface area contributed by atoms with E-state index in [2.05, 4.69) is 6.07 Å². The first-order chi connectivity index (χ1) is 11.2. The smallest absolute Gasteiger partial charge is 0.399 e. The fourth-order valence-electron chi connectivity index (χ4n) is 2.68. The van der Waals surface area contributed by atoms with Crippen molar-refractivity contribution in [2.24, 2.45) is 0 Å². The molecule has 1 aliphatic heterocycles. The molecule has 5 heteroatoms. The molecule has 0 amide bonds. The third kappa shape index (κ3) is 2.73. The Labute approximate surface area is 142 Å². The SMILES string of the molecule is CC1(C)OB(c2cccc(-c3cccc(C#N)c3)c2F)OC1(C)C. The van der Waals surface area contributed by atoms with E-state index in [4.69, 9.17) is 14.6 Å². The van der Waals surface area contributed by atoms with Crippen molar-refractivity contribution in [1.82, 2.24) is 0 Å². The van der Waals surface area contributed by atoms with Crippen molar-refractivity contribution in [2.45, 2.75) is 38.9 Å². The molecule has 0 saturated carbocycles. The van der Waals surface area contributed by atoms with Crippen LogP contribution in [0.4, 0.5) is 4.39 Å². The van der Waals surface area contributed by atoms with Gasteiger partial charge in [0, 0.05) is 11.0 Å². The van der Waals surface area contributed by atoms with Gasteiger partial charge in [0.2, 0.25) is 0 Å². The molecule has 1 fully saturated rings. The molecule has 0 aliphatic carbocycles. The summed E-state index contributed by atoms with van der Waals surface area (Å²) in [6, 6.07) is 14.1. The molecule has 24 heavy (non-hydrogen) atoms. The first-order valence-corrected chi connectivity index (χ1v) is 7.90. The van der Waals surface area contributed by atoms with Gasteiger partial charge in [0.25, 0.3) is 0 Å². The summed E-state index contributed by atoms with van der Waals surface area (Å²) in [4.78, 5) is 0. The van der Waals surface area contributed by atoms with Crippen LogP contribution in [-0.2, 0) is 9.31 Å². The van der Waals surface area contributed by atoms with Crippen molar-refractivity contribution in [3.8, 4) is 17.2 Å². The highest BCUT2D eigenvalue weighted by Gasteiger charge is 2.52. The Kier molecular flexibility index (Phi) is 3.99. The van der Waals surface area contributed by atoms with Crippen LogP contribution in [0, 0.1) is 17.1 Å². The Bertz CT molecular complexity index is 810. The number of benzene rings is 2. The predicted molar refractivity (Wildman–Crippen MR) is 92.3 cm³/mol. The summed E-state index contributed by atoms with van der Waals surface area (Å²) < 4.78 is 27.0. The van der Waals surface area contributed by atoms with Gasteiger partial charge in [-0.1, -0.05) is 30.3 Å². The van der Waals surface area contributed by atoms with Crippen LogP contribution in [0.3, 0.4) is 0 Å². The van der Waals surface area contributed by atoms with Crippen molar-refractivity contribution < 1.29 is 13.7 Å². The van der Waals surface area contributed by atoms with E-state index in [0.29, 0.717) is 22.2 Å². The predicted octanol–water partition coefficient (Wildman–Crippen LogP) is 3.66. The van der Waals surface area contributed by atoms with E-state index >= 15 is 4.39 Å². The fourth-order valence-corrected chi connectivity index (χ4v) is 2.68. The van der Waals surface area contributed by atoms with E-state index < -0.39 is 18.3 Å². The molecule has 0 unspecified atom stereocenters. The molecule has 1 aliphatic rings. The summed E-state index contributed by atoms with van der Waals surface area (Å²) in [5, 5.41) is 9.04. The first kappa shape index (κ1) is 16.7. The number of hydrogen-bond donors (Lipinski definition) is 0. The highest BCUT2D eigenvalue weighted by Crippen LogP contribution is 2.37. The summed E-state index contributed by atoms with van der Waals surface area (Å²) in [7, 11) is -0.755. The lowest BCUT2D eigenvalue weighted by Gasteiger charge is -2.32. The molecule has 1 heterocycles. The van der Waals surface area contributed by atoms with Crippen LogP contribution in [-0.4, -0.2) is 18.3 Å². The van der Waals surface area contributed by atoms with Crippen LogP contribution < -0.4 is 5.46 Å². The maximum atomic E-state index is 15.1. The molecule has 3 nitrogen and oxygen atoms in total. The number of nitriles is 1. The zero-order valence-electron chi connectivity index (χ0n) is 14.3. The third-order valence-corrected chi connectivity index (χ3v) is 4.84. The van der Waals surface area contributed by atoms with Crippen molar-refractivity contribution in [3.63, 3.8) is 0 Å². The van der Waals surface area contributed by atoms with Crippen LogP contribution in [0.2, 0.25) is 0 Å². The standard InChI is InChI=1S/C19H19BFNO2/c1-18(2)19(3,4)24-20(23-18)16-10-6-9-15(17(16)21)14-8-5-7-13(11-14)12-22/h5-11H,1-4H3. The van der Waals surface area contributed by atoms with Crippen LogP contribution in [0.15, 0.2) is 42.5 Å². The Morgan fingerprint density at radius 1 is 1.00 bits per heavy atom. The number of halogens is 1. The monoisotopic (exact) mass is 323 g/mol. The van der Waals surface area contributed by atoms with Gasteiger partial charge in [-0.05, 0) is 45.4 Å². The Balaban J connectivity index is 2.03. The second-order valence-corrected chi connectivity index (χ2v) is 6.99. The van der Waals surface area contributed by atoms with Crippen LogP contribution in [0.1, 0.15) is 33.3 Å². The summed E-state index contributed by atoms with van der Waals surface area (Å²) in [6.07, 6.45) is 0. The molecule has 0 N–H and O–H groups in total. The second kappa shape index (κ2) is 5.73. The van der Waals surface area contributed by atoms with Crippen molar-refractivity contribution in [2.75, 3.05) is 0 Å². The molecule has 2 aromatic rings. The summed E-state index contributed by atoms with van der Waals surface area (Å²) in [5.41, 5.74) is 0.896. The van der Waals surface area contributed by atoms with Crippen molar-refractivity contribution in [3.05, 3.63) is 53.8 Å². The molecule has 0 radical (unpaired) electrons. The van der Waals surface area contributed by atoms with Gasteiger partial charge in [0.05, 0.1) is 22.8 Å². The summed E-state index contributed by atoms with van der Waals surface area (Å²) in [5.74, 6) is -0.383. The van der Waals surface area contributed by atoms with Gasteiger partial charge in [0.1, 0.15) is 5.82 Å². The minimum atomic E-state index is -0.755. The normalized spacial score (nSPS) is 18.4. The molecule has 0 bridgehead atoms. The molecule has 0 atom stereocenters. The Hall–Kier alpha value is -2.16. The zero-order valence-corrected chi connectivity index (χ0v) is 14.3. The summed E-state index contributed by atoms with van der Waals surface area (Å²) >= 11 is 0. The van der Waals surface area contributed by atoms with Crippen LogP contribution in [0.25, 0.3) is 11.1 Å². The maximum absolute atomic E-state index is 15.1. The average Bonchev–Trinajstić information content (AvgIpc) is 2.75. The lowest BCUT2D eigenvalue weighted by atomic mass is 9.77. The number of rotatable bonds is 2. The van der Waals surface area contributed by atoms with E-state index in [1.54, 1.807) is 42.5 Å². The summed E-state index contributed by atoms with van der Waals surface area (Å²) in [6.45, 7) is 7.74. The van der Waals surface area contributed by atoms with Crippen LogP contribution in [0.5, 0.6) is 0 Å². The van der Waals surface area contributed by atoms with Gasteiger partial charge < -0.3 is 9.31 Å². The topological polar surface area (TPSA) is 42.2 Å². The molecule has 1 saturated heterocycles. The second-order valence-electron chi connectivity index (χ2n) is 6.99. The molecule has 3 rings (SSSR count). The Morgan fingerprint density at radius 2 is 1.62 bits per heavy atom. The van der Waals surface area contributed by atoms with E-state index in [-0.39, 0.29) is 5.82 Å². The molecular weight excluding hydrogens is 304 g/mol. The van der Waals surface area contributed by atoms with Crippen molar-refractivity contribution in [1.29, 1.82) is 5.26 Å². The lowest BCUT2D eigenvalue weighted by molar-refractivity contribution is 0.00578. The minimum absolute atomic E-state index is 0.369. The third-order valence-electron chi connectivity index (χ3n) is 4.84. The highest BCUT2D eigenvalue weighted by molar-refractivity contribution is 6.62. The van der Waals surface area contributed by atoms with Gasteiger partial charge in [0.15, 0.2) is 0 Å². The highest BCUT2D eigenvalue weighted by atomic mass is 19.1. The average molecular weight is 323 g/mol. The van der Waals surface area contributed by atoms with Crippen LogP contribution >= 0.6 is 0 Å². The molecule has 0 aromatic heterocycles. The number of nitrogens with zero attached hydrogens (tertiary/aromatic N) is 1.